The number of rotatable bonds is 7. The predicted octanol–water partition coefficient (Wildman–Crippen LogP) is 4.16. The van der Waals surface area contributed by atoms with Crippen LogP contribution < -0.4 is 10.1 Å². The maximum absolute atomic E-state index is 12.9. The Labute approximate surface area is 209 Å². The maximum Gasteiger partial charge on any atom is 0.242 e. The Morgan fingerprint density at radius 3 is 2.83 bits per heavy atom. The summed E-state index contributed by atoms with van der Waals surface area (Å²) in [7, 11) is 1.62. The summed E-state index contributed by atoms with van der Waals surface area (Å²) in [6.45, 7) is 7.01. The van der Waals surface area contributed by atoms with E-state index >= 15 is 0 Å². The topological polar surface area (TPSA) is 100 Å². The second-order valence-corrected chi connectivity index (χ2v) is 9.98. The summed E-state index contributed by atoms with van der Waals surface area (Å²) >= 11 is 1.39. The summed E-state index contributed by atoms with van der Waals surface area (Å²) in [4.78, 5) is 32.9. The number of thiophene rings is 1. The highest BCUT2D eigenvalue weighted by Gasteiger charge is 2.28. The highest BCUT2D eigenvalue weighted by molar-refractivity contribution is 7.16. The third-order valence-electron chi connectivity index (χ3n) is 6.33. The molecule has 3 aromatic rings. The lowest BCUT2D eigenvalue weighted by Crippen LogP contribution is -2.37. The van der Waals surface area contributed by atoms with E-state index in [0.29, 0.717) is 30.1 Å². The number of fused-ring (bicyclic) bond motifs is 1. The summed E-state index contributed by atoms with van der Waals surface area (Å²) in [5.41, 5.74) is 3.35. The zero-order valence-corrected chi connectivity index (χ0v) is 21.2. The molecule has 0 aliphatic carbocycles. The number of amides is 2. The van der Waals surface area contributed by atoms with E-state index in [4.69, 9.17) is 4.74 Å². The molecular weight excluding hydrogens is 462 g/mol. The fourth-order valence-electron chi connectivity index (χ4n) is 4.42. The van der Waals surface area contributed by atoms with Crippen LogP contribution >= 0.6 is 11.3 Å². The van der Waals surface area contributed by atoms with E-state index in [1.54, 1.807) is 7.11 Å². The third kappa shape index (κ3) is 5.38. The highest BCUT2D eigenvalue weighted by atomic mass is 32.1. The molecule has 3 heterocycles. The van der Waals surface area contributed by atoms with Crippen LogP contribution in [0.1, 0.15) is 52.3 Å². The van der Waals surface area contributed by atoms with Gasteiger partial charge in [-0.05, 0) is 49.4 Å². The highest BCUT2D eigenvalue weighted by Crippen LogP contribution is 2.37. The average Bonchev–Trinajstić information content (AvgIpc) is 3.35. The molecule has 4 rings (SSSR count). The molecule has 0 saturated carbocycles. The van der Waals surface area contributed by atoms with Gasteiger partial charge in [-0.3, -0.25) is 9.59 Å². The molecule has 1 aliphatic rings. The van der Waals surface area contributed by atoms with E-state index in [0.717, 1.165) is 33.3 Å². The molecule has 182 valence electrons. The molecule has 9 heteroatoms. The number of ether oxygens (including phenoxy) is 1. The van der Waals surface area contributed by atoms with Gasteiger partial charge in [0.1, 0.15) is 29.2 Å². The van der Waals surface area contributed by atoms with E-state index in [9.17, 15) is 14.9 Å². The summed E-state index contributed by atoms with van der Waals surface area (Å²) in [5, 5.41) is 13.3. The monoisotopic (exact) mass is 491 g/mol. The molecule has 0 fully saturated rings. The Morgan fingerprint density at radius 1 is 1.34 bits per heavy atom. The SMILES string of the molecule is COc1cccc([C@@H](C)CC(=O)Nc2sc3c(c2C#N)CCN(C(=O)Cn2cc(C)nc2C)C3)c1. The number of nitriles is 1. The first-order valence-electron chi connectivity index (χ1n) is 11.6. The van der Waals surface area contributed by atoms with Crippen LogP contribution in [0.2, 0.25) is 0 Å². The number of benzene rings is 1. The molecule has 0 unspecified atom stereocenters. The van der Waals surface area contributed by atoms with E-state index in [-0.39, 0.29) is 30.7 Å². The van der Waals surface area contributed by atoms with Gasteiger partial charge in [-0.1, -0.05) is 19.1 Å². The number of aryl methyl sites for hydroxylation is 2. The number of hydrogen-bond acceptors (Lipinski definition) is 6. The van der Waals surface area contributed by atoms with Crippen LogP contribution in [-0.2, 0) is 29.1 Å². The van der Waals surface area contributed by atoms with Crippen molar-refractivity contribution in [3.63, 3.8) is 0 Å². The van der Waals surface area contributed by atoms with Crippen LogP contribution in [0.25, 0.3) is 0 Å². The molecule has 0 saturated heterocycles. The molecule has 1 atom stereocenters. The number of methoxy groups -OCH3 is 1. The lowest BCUT2D eigenvalue weighted by atomic mass is 9.97. The maximum atomic E-state index is 12.9. The largest absolute Gasteiger partial charge is 0.497 e. The number of hydrogen-bond donors (Lipinski definition) is 1. The first-order valence-corrected chi connectivity index (χ1v) is 12.4. The van der Waals surface area contributed by atoms with Crippen molar-refractivity contribution in [2.75, 3.05) is 19.0 Å². The Hall–Kier alpha value is -3.64. The van der Waals surface area contributed by atoms with Crippen LogP contribution in [0.15, 0.2) is 30.5 Å². The number of carbonyl (C=O) groups is 2. The normalized spacial score (nSPS) is 13.6. The number of nitrogens with zero attached hydrogens (tertiary/aromatic N) is 4. The molecule has 35 heavy (non-hydrogen) atoms. The lowest BCUT2D eigenvalue weighted by Gasteiger charge is -2.27. The Morgan fingerprint density at radius 2 is 2.14 bits per heavy atom. The number of nitrogens with one attached hydrogen (secondary N) is 1. The van der Waals surface area contributed by atoms with E-state index in [2.05, 4.69) is 16.4 Å². The Kier molecular flexibility index (Phi) is 7.22. The van der Waals surface area contributed by atoms with E-state index in [1.807, 2.05) is 60.7 Å². The minimum Gasteiger partial charge on any atom is -0.497 e. The first kappa shape index (κ1) is 24.5. The van der Waals surface area contributed by atoms with Gasteiger partial charge in [-0.2, -0.15) is 5.26 Å². The molecular formula is C26H29N5O3S. The van der Waals surface area contributed by atoms with Crippen molar-refractivity contribution < 1.29 is 14.3 Å². The molecule has 0 radical (unpaired) electrons. The van der Waals surface area contributed by atoms with Crippen LogP contribution in [0.5, 0.6) is 5.75 Å². The zero-order chi connectivity index (χ0) is 25.1. The van der Waals surface area contributed by atoms with Gasteiger partial charge < -0.3 is 19.5 Å². The molecule has 0 bridgehead atoms. The van der Waals surface area contributed by atoms with Crippen molar-refractivity contribution in [3.05, 3.63) is 63.5 Å². The third-order valence-corrected chi connectivity index (χ3v) is 7.46. The Bertz CT molecular complexity index is 1300. The Balaban J connectivity index is 1.43. The van der Waals surface area contributed by atoms with Gasteiger partial charge in [0.25, 0.3) is 0 Å². The summed E-state index contributed by atoms with van der Waals surface area (Å²) in [6, 6.07) is 9.95. The van der Waals surface area contributed by atoms with Crippen LogP contribution in [-0.4, -0.2) is 39.9 Å². The van der Waals surface area contributed by atoms with Crippen LogP contribution in [0.3, 0.4) is 0 Å². The van der Waals surface area contributed by atoms with Crippen molar-refractivity contribution in [2.24, 2.45) is 0 Å². The summed E-state index contributed by atoms with van der Waals surface area (Å²) < 4.78 is 7.14. The van der Waals surface area contributed by atoms with Crippen LogP contribution in [0, 0.1) is 25.2 Å². The number of anilines is 1. The quantitative estimate of drug-likeness (QED) is 0.535. The fraction of sp³-hybridized carbons (Fsp3) is 0.385. The molecule has 0 spiro atoms. The average molecular weight is 492 g/mol. The smallest absolute Gasteiger partial charge is 0.242 e. The standard InChI is InChI=1S/C26H29N5O3S/c1-16(19-6-5-7-20(11-19)34-4)10-24(32)29-26-22(12-27)21-8-9-30(14-23(21)35-26)25(33)15-31-13-17(2)28-18(31)3/h5-7,11,13,16H,8-10,14-15H2,1-4H3,(H,29,32)/t16-/m0/s1. The summed E-state index contributed by atoms with van der Waals surface area (Å²) in [6.07, 6.45) is 2.76. The van der Waals surface area contributed by atoms with Crippen molar-refractivity contribution in [2.45, 2.75) is 52.6 Å². The molecule has 2 aromatic heterocycles. The van der Waals surface area contributed by atoms with Crippen molar-refractivity contribution in [3.8, 4) is 11.8 Å². The predicted molar refractivity (Wildman–Crippen MR) is 135 cm³/mol. The second kappa shape index (κ2) is 10.3. The fourth-order valence-corrected chi connectivity index (χ4v) is 5.65. The number of carbonyl (C=O) groups excluding carboxylic acids is 2. The summed E-state index contributed by atoms with van der Waals surface area (Å²) in [5.74, 6) is 1.43. The molecule has 8 nitrogen and oxygen atoms in total. The van der Waals surface area contributed by atoms with Gasteiger partial charge in [0.2, 0.25) is 11.8 Å². The van der Waals surface area contributed by atoms with Gasteiger partial charge in [-0.25, -0.2) is 4.98 Å². The van der Waals surface area contributed by atoms with E-state index < -0.39 is 0 Å². The van der Waals surface area contributed by atoms with E-state index in [1.165, 1.54) is 11.3 Å². The molecule has 1 N–H and O–H groups in total. The lowest BCUT2D eigenvalue weighted by molar-refractivity contribution is -0.132. The molecule has 1 aliphatic heterocycles. The minimum absolute atomic E-state index is 0.00592. The zero-order valence-electron chi connectivity index (χ0n) is 20.4. The second-order valence-electron chi connectivity index (χ2n) is 8.87. The van der Waals surface area contributed by atoms with Gasteiger partial charge in [0.15, 0.2) is 0 Å². The number of imidazole rings is 1. The van der Waals surface area contributed by atoms with Crippen molar-refractivity contribution >= 4 is 28.2 Å². The van der Waals surface area contributed by atoms with Crippen molar-refractivity contribution in [1.29, 1.82) is 5.26 Å². The molecule has 1 aromatic carbocycles. The molecule has 2 amide bonds. The van der Waals surface area contributed by atoms with Gasteiger partial charge >= 0.3 is 0 Å². The van der Waals surface area contributed by atoms with Crippen LogP contribution in [0.4, 0.5) is 5.00 Å². The van der Waals surface area contributed by atoms with Gasteiger partial charge in [0.05, 0.1) is 24.9 Å². The first-order chi connectivity index (χ1) is 16.8. The number of aromatic nitrogens is 2. The minimum atomic E-state index is -0.144. The van der Waals surface area contributed by atoms with Gasteiger partial charge in [-0.15, -0.1) is 11.3 Å². The van der Waals surface area contributed by atoms with Gasteiger partial charge in [0, 0.05) is 24.0 Å². The van der Waals surface area contributed by atoms with Crippen molar-refractivity contribution in [1.82, 2.24) is 14.5 Å².